The second-order valence-electron chi connectivity index (χ2n) is 11.9. The normalized spacial score (nSPS) is 15.6. The van der Waals surface area contributed by atoms with E-state index < -0.39 is 36.6 Å². The smallest absolute Gasteiger partial charge is 0.342 e. The molecule has 0 saturated carbocycles. The highest BCUT2D eigenvalue weighted by molar-refractivity contribution is 7.58. The van der Waals surface area contributed by atoms with Gasteiger partial charge < -0.3 is 24.6 Å². The summed E-state index contributed by atoms with van der Waals surface area (Å²) >= 11 is 0. The highest BCUT2D eigenvalue weighted by Crippen LogP contribution is 2.56. The topological polar surface area (TPSA) is 97.0 Å². The van der Waals surface area contributed by atoms with Crippen LogP contribution in [0.3, 0.4) is 0 Å². The third-order valence-corrected chi connectivity index (χ3v) is 9.32. The Labute approximate surface area is 236 Å². The van der Waals surface area contributed by atoms with E-state index in [0.29, 0.717) is 5.31 Å². The fourth-order valence-electron chi connectivity index (χ4n) is 4.75. The number of hydrogen-bond acceptors (Lipinski definition) is 6. The number of rotatable bonds is 14. The molecule has 0 saturated heterocycles. The van der Waals surface area contributed by atoms with E-state index in [2.05, 4.69) is 10.6 Å². The Balaban J connectivity index is 3.37. The van der Waals surface area contributed by atoms with Gasteiger partial charge in [-0.05, 0) is 44.7 Å². The molecule has 0 aliphatic carbocycles. The van der Waals surface area contributed by atoms with Gasteiger partial charge in [0.05, 0.1) is 25.3 Å². The third-order valence-electron chi connectivity index (χ3n) is 7.11. The first kappa shape index (κ1) is 35.0. The zero-order chi connectivity index (χ0) is 30.2. The summed E-state index contributed by atoms with van der Waals surface area (Å²) in [5, 5.41) is 6.69. The molecule has 3 atom stereocenters. The molecule has 1 rings (SSSR count). The summed E-state index contributed by atoms with van der Waals surface area (Å²) in [5.41, 5.74) is -0.0799. The van der Waals surface area contributed by atoms with Gasteiger partial charge in [0, 0.05) is 17.8 Å². The van der Waals surface area contributed by atoms with Crippen molar-refractivity contribution in [3.8, 4) is 0 Å². The third kappa shape index (κ3) is 9.01. The number of nitrogens with zero attached hydrogens (tertiary/aromatic N) is 1. The minimum absolute atomic E-state index is 0.00370. The molecule has 0 unspecified atom stereocenters. The molecule has 0 radical (unpaired) electrons. The minimum Gasteiger partial charge on any atom is -0.342 e. The van der Waals surface area contributed by atoms with Crippen LogP contribution < -0.4 is 10.6 Å². The van der Waals surface area contributed by atoms with Crippen LogP contribution in [0.4, 0.5) is 0 Å². The second kappa shape index (κ2) is 14.6. The van der Waals surface area contributed by atoms with E-state index in [1.807, 2.05) is 78.8 Å². The Hall–Kier alpha value is -1.99. The maximum absolute atomic E-state index is 14.0. The van der Waals surface area contributed by atoms with Crippen molar-refractivity contribution < 1.29 is 23.2 Å². The van der Waals surface area contributed by atoms with Crippen molar-refractivity contribution >= 4 is 19.4 Å². The quantitative estimate of drug-likeness (QED) is 0.280. The van der Waals surface area contributed by atoms with E-state index >= 15 is 0 Å². The van der Waals surface area contributed by atoms with Crippen LogP contribution in [-0.2, 0) is 28.6 Å². The van der Waals surface area contributed by atoms with Crippen molar-refractivity contribution in [2.75, 3.05) is 27.3 Å². The molecule has 222 valence electrons. The monoisotopic (exact) mass is 565 g/mol. The number of nitrogens with one attached hydrogen (secondary N) is 2. The molecule has 2 amide bonds. The lowest BCUT2D eigenvalue weighted by molar-refractivity contribution is -0.140. The van der Waals surface area contributed by atoms with Crippen molar-refractivity contribution in [3.63, 3.8) is 0 Å². The predicted molar refractivity (Wildman–Crippen MR) is 160 cm³/mol. The Morgan fingerprint density at radius 3 is 1.92 bits per heavy atom. The Bertz CT molecular complexity index is 1010. The molecule has 1 aromatic carbocycles. The highest BCUT2D eigenvalue weighted by atomic mass is 31.2. The molecule has 1 aromatic rings. The summed E-state index contributed by atoms with van der Waals surface area (Å²) < 4.78 is 24.4. The molecule has 0 aliphatic heterocycles. The fraction of sp³-hybridized carbons (Fsp3) is 0.667. The molecule has 8 nitrogen and oxygen atoms in total. The van der Waals surface area contributed by atoms with Crippen LogP contribution in [0.1, 0.15) is 74.8 Å². The lowest BCUT2D eigenvalue weighted by atomic mass is 9.76. The van der Waals surface area contributed by atoms with Gasteiger partial charge in [-0.25, -0.2) is 0 Å². The summed E-state index contributed by atoms with van der Waals surface area (Å²) in [5.74, 6) is -0.476. The molecular formula is C30H52N3O5P. The van der Waals surface area contributed by atoms with Crippen LogP contribution in [-0.4, -0.2) is 62.1 Å². The minimum atomic E-state index is -3.47. The van der Waals surface area contributed by atoms with Gasteiger partial charge in [0.2, 0.25) is 11.8 Å². The van der Waals surface area contributed by atoms with E-state index in [0.717, 1.165) is 5.56 Å². The van der Waals surface area contributed by atoms with Crippen molar-refractivity contribution in [3.05, 3.63) is 47.3 Å². The molecule has 0 bridgehead atoms. The van der Waals surface area contributed by atoms with Gasteiger partial charge in [-0.3, -0.25) is 14.2 Å². The van der Waals surface area contributed by atoms with E-state index in [9.17, 15) is 14.2 Å². The zero-order valence-electron chi connectivity index (χ0n) is 26.1. The zero-order valence-corrected chi connectivity index (χ0v) is 27.0. The number of amides is 2. The Morgan fingerprint density at radius 2 is 1.51 bits per heavy atom. The van der Waals surface area contributed by atoms with Crippen LogP contribution in [0.25, 0.3) is 0 Å². The average molecular weight is 566 g/mol. The van der Waals surface area contributed by atoms with Gasteiger partial charge in [0.1, 0.15) is 6.04 Å². The number of allylic oxidation sites excluding steroid dienone is 1. The summed E-state index contributed by atoms with van der Waals surface area (Å²) in [6.45, 7) is 19.6. The molecule has 39 heavy (non-hydrogen) atoms. The van der Waals surface area contributed by atoms with Crippen molar-refractivity contribution in [2.24, 2.45) is 11.3 Å². The predicted octanol–water partition coefficient (Wildman–Crippen LogP) is 5.74. The molecule has 0 spiro atoms. The van der Waals surface area contributed by atoms with Gasteiger partial charge in [-0.15, -0.1) is 0 Å². The standard InChI is InChI=1S/C30H52N3O5P/c1-13-37-39(36,38-14-2)22(5)20-24(21(3)4)33(12)28(35)26(29(6,7)8)32-27(34)25(31-11)30(9,10)23-18-16-15-17-19-23/h15-21,24-26,31H,13-14H2,1-12H3,(H,32,34)/b22-20+/t24-,25-,26-/m1/s1. The second-order valence-corrected chi connectivity index (χ2v) is 14.2. The summed E-state index contributed by atoms with van der Waals surface area (Å²) in [7, 11) is 0.00317. The fourth-order valence-corrected chi connectivity index (χ4v) is 6.25. The van der Waals surface area contributed by atoms with Crippen LogP contribution >= 0.6 is 7.60 Å². The lowest BCUT2D eigenvalue weighted by Gasteiger charge is -2.40. The molecule has 0 fully saturated rings. The largest absolute Gasteiger partial charge is 0.356 e. The number of benzene rings is 1. The van der Waals surface area contributed by atoms with E-state index in [1.165, 1.54) is 0 Å². The van der Waals surface area contributed by atoms with E-state index in [4.69, 9.17) is 9.05 Å². The number of carbonyl (C=O) groups excluding carboxylic acids is 2. The first-order valence-corrected chi connectivity index (χ1v) is 15.4. The lowest BCUT2D eigenvalue weighted by Crippen LogP contribution is -2.61. The molecule has 2 N–H and O–H groups in total. The van der Waals surface area contributed by atoms with Crippen LogP contribution in [0.2, 0.25) is 0 Å². The molecule has 0 aliphatic rings. The Kier molecular flexibility index (Phi) is 13.1. The first-order valence-electron chi connectivity index (χ1n) is 13.9. The average Bonchev–Trinajstić information content (AvgIpc) is 2.85. The maximum Gasteiger partial charge on any atom is 0.356 e. The van der Waals surface area contributed by atoms with Gasteiger partial charge >= 0.3 is 7.60 Å². The summed E-state index contributed by atoms with van der Waals surface area (Å²) in [6.07, 6.45) is 1.80. The van der Waals surface area contributed by atoms with Gasteiger partial charge in [-0.2, -0.15) is 0 Å². The maximum atomic E-state index is 14.0. The summed E-state index contributed by atoms with van der Waals surface area (Å²) in [6, 6.07) is 8.10. The number of likely N-dealkylation sites (N-methyl/N-ethyl adjacent to an activating group) is 2. The van der Waals surface area contributed by atoms with Crippen LogP contribution in [0.5, 0.6) is 0 Å². The molecular weight excluding hydrogens is 513 g/mol. The van der Waals surface area contributed by atoms with Crippen molar-refractivity contribution in [1.29, 1.82) is 0 Å². The molecule has 0 aromatic heterocycles. The highest BCUT2D eigenvalue weighted by Gasteiger charge is 2.42. The summed E-state index contributed by atoms with van der Waals surface area (Å²) in [4.78, 5) is 29.4. The molecule has 9 heteroatoms. The number of carbonyl (C=O) groups is 2. The van der Waals surface area contributed by atoms with Crippen molar-refractivity contribution in [1.82, 2.24) is 15.5 Å². The van der Waals surface area contributed by atoms with E-state index in [1.54, 1.807) is 45.8 Å². The van der Waals surface area contributed by atoms with Gasteiger partial charge in [-0.1, -0.05) is 84.9 Å². The van der Waals surface area contributed by atoms with Crippen LogP contribution in [0.15, 0.2) is 41.7 Å². The number of hydrogen-bond donors (Lipinski definition) is 2. The van der Waals surface area contributed by atoms with Crippen molar-refractivity contribution in [2.45, 2.75) is 92.8 Å². The Morgan fingerprint density at radius 1 is 1.00 bits per heavy atom. The van der Waals surface area contributed by atoms with Gasteiger partial charge in [0.25, 0.3) is 0 Å². The molecule has 0 heterocycles. The first-order chi connectivity index (χ1) is 18.0. The van der Waals surface area contributed by atoms with Crippen LogP contribution in [0, 0.1) is 11.3 Å². The van der Waals surface area contributed by atoms with Gasteiger partial charge in [0.15, 0.2) is 0 Å². The SMILES string of the molecule is CCOP(=O)(OCC)/C(C)=C/[C@H](C(C)C)N(C)C(=O)[C@@H](NC(=O)[C@@H](NC)C(C)(C)c1ccccc1)C(C)(C)C. The van der Waals surface area contributed by atoms with E-state index in [-0.39, 0.29) is 30.9 Å².